The fourth-order valence-electron chi connectivity index (χ4n) is 3.05. The van der Waals surface area contributed by atoms with Crippen LogP contribution in [-0.4, -0.2) is 34.9 Å². The second kappa shape index (κ2) is 4.18. The van der Waals surface area contributed by atoms with Crippen molar-refractivity contribution in [3.8, 4) is 0 Å². The van der Waals surface area contributed by atoms with E-state index in [1.165, 1.54) is 37.8 Å². The number of aromatic nitrogens is 2. The number of nitrogens with one attached hydrogen (secondary N) is 3. The van der Waals surface area contributed by atoms with Crippen molar-refractivity contribution < 1.29 is 0 Å². The summed E-state index contributed by atoms with van der Waals surface area (Å²) in [7, 11) is 0. The van der Waals surface area contributed by atoms with Crippen LogP contribution >= 0.6 is 0 Å². The van der Waals surface area contributed by atoms with Gasteiger partial charge < -0.3 is 10.6 Å². The van der Waals surface area contributed by atoms with Gasteiger partial charge in [0.2, 0.25) is 0 Å². The minimum Gasteiger partial charge on any atom is -0.312 e. The maximum absolute atomic E-state index is 3.96. The molecule has 1 aliphatic carbocycles. The highest BCUT2D eigenvalue weighted by atomic mass is 15.1. The van der Waals surface area contributed by atoms with E-state index in [0.717, 1.165) is 13.0 Å². The molecule has 0 bridgehead atoms. The van der Waals surface area contributed by atoms with E-state index in [2.05, 4.69) is 20.8 Å². The van der Waals surface area contributed by atoms with Crippen LogP contribution in [0.25, 0.3) is 0 Å². The third-order valence-corrected chi connectivity index (χ3v) is 4.18. The first kappa shape index (κ1) is 10.3. The average molecular weight is 220 g/mol. The lowest BCUT2D eigenvalue weighted by molar-refractivity contribution is 0.171. The molecule has 2 heterocycles. The van der Waals surface area contributed by atoms with Gasteiger partial charge in [0.05, 0.1) is 6.20 Å². The van der Waals surface area contributed by atoms with E-state index in [-0.39, 0.29) is 0 Å². The van der Waals surface area contributed by atoms with Gasteiger partial charge in [0.15, 0.2) is 0 Å². The van der Waals surface area contributed by atoms with Crippen LogP contribution in [0.15, 0.2) is 12.4 Å². The maximum atomic E-state index is 3.96. The van der Waals surface area contributed by atoms with E-state index in [1.54, 1.807) is 0 Å². The summed E-state index contributed by atoms with van der Waals surface area (Å²) in [6.07, 6.45) is 10.4. The Labute approximate surface area is 96.2 Å². The quantitative estimate of drug-likeness (QED) is 0.704. The van der Waals surface area contributed by atoms with Crippen molar-refractivity contribution in [1.82, 2.24) is 20.8 Å². The lowest BCUT2D eigenvalue weighted by atomic mass is 9.73. The van der Waals surface area contributed by atoms with Crippen LogP contribution in [0.3, 0.4) is 0 Å². The summed E-state index contributed by atoms with van der Waals surface area (Å²) in [5.41, 5.74) is 1.75. The largest absolute Gasteiger partial charge is 0.312 e. The van der Waals surface area contributed by atoms with Gasteiger partial charge >= 0.3 is 0 Å². The number of rotatable bonds is 4. The van der Waals surface area contributed by atoms with Crippen molar-refractivity contribution in [2.75, 3.05) is 13.1 Å². The molecule has 88 valence electrons. The van der Waals surface area contributed by atoms with Crippen molar-refractivity contribution in [1.29, 1.82) is 0 Å². The zero-order valence-electron chi connectivity index (χ0n) is 9.63. The Balaban J connectivity index is 1.48. The maximum Gasteiger partial charge on any atom is 0.0519 e. The first-order valence-electron chi connectivity index (χ1n) is 6.35. The summed E-state index contributed by atoms with van der Waals surface area (Å²) in [6.45, 7) is 2.25. The van der Waals surface area contributed by atoms with Crippen molar-refractivity contribution in [3.05, 3.63) is 18.0 Å². The van der Waals surface area contributed by atoms with Gasteiger partial charge in [0.25, 0.3) is 0 Å². The van der Waals surface area contributed by atoms with Crippen LogP contribution in [0.2, 0.25) is 0 Å². The number of hydrogen-bond donors (Lipinski definition) is 3. The minimum atomic E-state index is 0.455. The SMILES string of the molecule is c1n[nH]cc1CCNC1CCNC12CCC2. The topological polar surface area (TPSA) is 52.7 Å². The van der Waals surface area contributed by atoms with Gasteiger partial charge in [-0.1, -0.05) is 0 Å². The van der Waals surface area contributed by atoms with Gasteiger partial charge in [-0.25, -0.2) is 0 Å². The number of hydrogen-bond acceptors (Lipinski definition) is 3. The molecule has 0 amide bonds. The second-order valence-corrected chi connectivity index (χ2v) is 5.09. The molecule has 3 rings (SSSR count). The molecule has 2 fully saturated rings. The van der Waals surface area contributed by atoms with E-state index >= 15 is 0 Å². The van der Waals surface area contributed by atoms with E-state index in [0.29, 0.717) is 11.6 Å². The Hall–Kier alpha value is -0.870. The number of H-pyrrole nitrogens is 1. The lowest BCUT2D eigenvalue weighted by Crippen LogP contribution is -2.58. The smallest absolute Gasteiger partial charge is 0.0519 e. The molecule has 16 heavy (non-hydrogen) atoms. The molecular formula is C12H20N4. The molecule has 0 radical (unpaired) electrons. The summed E-state index contributed by atoms with van der Waals surface area (Å²) in [5.74, 6) is 0. The molecule has 4 nitrogen and oxygen atoms in total. The van der Waals surface area contributed by atoms with E-state index in [9.17, 15) is 0 Å². The van der Waals surface area contributed by atoms with Gasteiger partial charge in [-0.3, -0.25) is 5.10 Å². The molecule has 0 aromatic carbocycles. The number of nitrogens with zero attached hydrogens (tertiary/aromatic N) is 1. The Morgan fingerprint density at radius 1 is 1.50 bits per heavy atom. The highest BCUT2D eigenvalue weighted by molar-refractivity contribution is 5.09. The summed E-state index contributed by atoms with van der Waals surface area (Å²) in [4.78, 5) is 0. The molecule has 1 saturated carbocycles. The molecule has 1 unspecified atom stereocenters. The van der Waals surface area contributed by atoms with Gasteiger partial charge in [0.1, 0.15) is 0 Å². The monoisotopic (exact) mass is 220 g/mol. The zero-order chi connectivity index (χ0) is 10.8. The second-order valence-electron chi connectivity index (χ2n) is 5.09. The molecule has 2 aliphatic rings. The van der Waals surface area contributed by atoms with Crippen molar-refractivity contribution in [2.45, 2.75) is 43.7 Å². The fourth-order valence-corrected chi connectivity index (χ4v) is 3.05. The molecular weight excluding hydrogens is 200 g/mol. The highest BCUT2D eigenvalue weighted by Gasteiger charge is 2.46. The predicted octanol–water partition coefficient (Wildman–Crippen LogP) is 0.826. The summed E-state index contributed by atoms with van der Waals surface area (Å²) >= 11 is 0. The summed E-state index contributed by atoms with van der Waals surface area (Å²) < 4.78 is 0. The minimum absolute atomic E-state index is 0.455. The molecule has 4 heteroatoms. The van der Waals surface area contributed by atoms with Gasteiger partial charge in [-0.2, -0.15) is 5.10 Å². The van der Waals surface area contributed by atoms with Crippen LogP contribution in [0, 0.1) is 0 Å². The van der Waals surface area contributed by atoms with Gasteiger partial charge in [-0.15, -0.1) is 0 Å². The van der Waals surface area contributed by atoms with Crippen molar-refractivity contribution in [2.24, 2.45) is 0 Å². The van der Waals surface area contributed by atoms with Crippen LogP contribution < -0.4 is 10.6 Å². The first-order valence-corrected chi connectivity index (χ1v) is 6.35. The summed E-state index contributed by atoms with van der Waals surface area (Å²) in [5, 5.41) is 14.2. The average Bonchev–Trinajstić information content (AvgIpc) is 2.84. The normalized spacial score (nSPS) is 27.1. The molecule has 3 N–H and O–H groups in total. The Bertz CT molecular complexity index is 329. The highest BCUT2D eigenvalue weighted by Crippen LogP contribution is 2.38. The number of aromatic amines is 1. The molecule has 1 spiro atoms. The molecule has 1 aromatic rings. The van der Waals surface area contributed by atoms with E-state index in [1.807, 2.05) is 12.4 Å². The Morgan fingerprint density at radius 2 is 2.44 bits per heavy atom. The van der Waals surface area contributed by atoms with Crippen molar-refractivity contribution >= 4 is 0 Å². The van der Waals surface area contributed by atoms with E-state index < -0.39 is 0 Å². The van der Waals surface area contributed by atoms with E-state index in [4.69, 9.17) is 0 Å². The van der Waals surface area contributed by atoms with Crippen LogP contribution in [0.1, 0.15) is 31.2 Å². The van der Waals surface area contributed by atoms with Crippen molar-refractivity contribution in [3.63, 3.8) is 0 Å². The molecule has 1 aromatic heterocycles. The predicted molar refractivity (Wildman–Crippen MR) is 63.3 cm³/mol. The standard InChI is InChI=1S/C12H20N4/c1-4-12(5-1)11(3-7-14-12)13-6-2-10-8-15-16-9-10/h8-9,11,13-14H,1-7H2,(H,15,16). The lowest BCUT2D eigenvalue weighted by Gasteiger charge is -2.44. The third-order valence-electron chi connectivity index (χ3n) is 4.18. The summed E-state index contributed by atoms with van der Waals surface area (Å²) in [6, 6.07) is 0.688. The molecule has 1 saturated heterocycles. The Kier molecular flexibility index (Phi) is 2.69. The van der Waals surface area contributed by atoms with Gasteiger partial charge in [-0.05, 0) is 50.8 Å². The fraction of sp³-hybridized carbons (Fsp3) is 0.750. The third kappa shape index (κ3) is 1.76. The first-order chi connectivity index (χ1) is 7.89. The van der Waals surface area contributed by atoms with Crippen LogP contribution in [0.5, 0.6) is 0 Å². The Morgan fingerprint density at radius 3 is 3.12 bits per heavy atom. The molecule has 1 atom stereocenters. The van der Waals surface area contributed by atoms with Crippen LogP contribution in [-0.2, 0) is 6.42 Å². The molecule has 1 aliphatic heterocycles. The van der Waals surface area contributed by atoms with Crippen LogP contribution in [0.4, 0.5) is 0 Å². The van der Waals surface area contributed by atoms with Gasteiger partial charge in [0, 0.05) is 17.8 Å². The zero-order valence-corrected chi connectivity index (χ0v) is 9.63.